The summed E-state index contributed by atoms with van der Waals surface area (Å²) in [5.41, 5.74) is 1.14. The maximum absolute atomic E-state index is 12.0. The summed E-state index contributed by atoms with van der Waals surface area (Å²) in [6, 6.07) is 6.63. The topological polar surface area (TPSA) is 133 Å². The van der Waals surface area contributed by atoms with Crippen molar-refractivity contribution in [2.75, 3.05) is 78.4 Å². The van der Waals surface area contributed by atoms with E-state index in [1.54, 1.807) is 24.3 Å². The molecule has 180 valence electrons. The van der Waals surface area contributed by atoms with Crippen LogP contribution in [0.2, 0.25) is 0 Å². The van der Waals surface area contributed by atoms with Crippen LogP contribution < -0.4 is 16.0 Å². The summed E-state index contributed by atoms with van der Waals surface area (Å²) in [7, 11) is 1.49. The van der Waals surface area contributed by atoms with Gasteiger partial charge in [0.05, 0.1) is 52.9 Å². The van der Waals surface area contributed by atoms with Crippen molar-refractivity contribution in [2.24, 2.45) is 0 Å². The van der Waals surface area contributed by atoms with E-state index in [1.165, 1.54) is 14.0 Å². The lowest BCUT2D eigenvalue weighted by Crippen LogP contribution is -2.27. The fourth-order valence-corrected chi connectivity index (χ4v) is 2.27. The molecule has 3 N–H and O–H groups in total. The van der Waals surface area contributed by atoms with Crippen LogP contribution in [-0.2, 0) is 28.5 Å². The first kappa shape index (κ1) is 27.3. The molecule has 32 heavy (non-hydrogen) atoms. The Hall–Kier alpha value is -2.73. The number of hydrogen-bond donors (Lipinski definition) is 3. The summed E-state index contributed by atoms with van der Waals surface area (Å²) >= 11 is 0. The van der Waals surface area contributed by atoms with E-state index >= 15 is 0 Å². The van der Waals surface area contributed by atoms with Gasteiger partial charge in [0.1, 0.15) is 6.61 Å². The third kappa shape index (κ3) is 14.3. The van der Waals surface area contributed by atoms with Crippen molar-refractivity contribution in [3.05, 3.63) is 29.8 Å². The quantitative estimate of drug-likeness (QED) is 0.294. The lowest BCUT2D eigenvalue weighted by Gasteiger charge is -2.09. The van der Waals surface area contributed by atoms with Crippen LogP contribution in [0.1, 0.15) is 17.3 Å². The Balaban J connectivity index is 1.87. The van der Waals surface area contributed by atoms with Crippen molar-refractivity contribution in [1.29, 1.82) is 0 Å². The zero-order valence-electron chi connectivity index (χ0n) is 18.6. The van der Waals surface area contributed by atoms with Crippen molar-refractivity contribution >= 4 is 23.6 Å². The number of ether oxygens (including phenoxy) is 5. The number of anilines is 1. The normalized spacial score (nSPS) is 10.4. The summed E-state index contributed by atoms with van der Waals surface area (Å²) in [5, 5.41) is 7.74. The first-order valence-electron chi connectivity index (χ1n) is 10.3. The average molecular weight is 456 g/mol. The standard InChI is InChI=1S/C21H33N3O8/c1-17(25)24-19-5-3-18(4-6-19)20(26)23-7-8-28-9-10-29-11-12-30-13-14-31-15-16-32-21(27)22-2/h3-6H,7-16H2,1-2H3,(H,22,27)(H,23,26)(H,24,25). The van der Waals surface area contributed by atoms with Crippen LogP contribution in [0.5, 0.6) is 0 Å². The summed E-state index contributed by atoms with van der Waals surface area (Å²) in [6.07, 6.45) is -0.484. The second-order valence-electron chi connectivity index (χ2n) is 6.35. The van der Waals surface area contributed by atoms with E-state index in [9.17, 15) is 14.4 Å². The molecule has 0 heterocycles. The molecule has 0 unspecified atom stereocenters. The lowest BCUT2D eigenvalue weighted by molar-refractivity contribution is -0.114. The Kier molecular flexibility index (Phi) is 15.3. The summed E-state index contributed by atoms with van der Waals surface area (Å²) in [4.78, 5) is 33.8. The molecule has 0 aromatic heterocycles. The van der Waals surface area contributed by atoms with E-state index in [0.29, 0.717) is 70.7 Å². The molecular weight excluding hydrogens is 422 g/mol. The molecule has 0 spiro atoms. The third-order valence-electron chi connectivity index (χ3n) is 3.78. The zero-order chi connectivity index (χ0) is 23.4. The van der Waals surface area contributed by atoms with Crippen molar-refractivity contribution in [2.45, 2.75) is 6.92 Å². The predicted molar refractivity (Wildman–Crippen MR) is 117 cm³/mol. The second-order valence-corrected chi connectivity index (χ2v) is 6.35. The Morgan fingerprint density at radius 2 is 1.25 bits per heavy atom. The van der Waals surface area contributed by atoms with Gasteiger partial charge in [-0.25, -0.2) is 4.79 Å². The van der Waals surface area contributed by atoms with Crippen LogP contribution in [0, 0.1) is 0 Å². The molecule has 1 aromatic carbocycles. The van der Waals surface area contributed by atoms with Crippen LogP contribution in [0.3, 0.4) is 0 Å². The molecule has 0 aliphatic heterocycles. The minimum atomic E-state index is -0.484. The van der Waals surface area contributed by atoms with Gasteiger partial charge >= 0.3 is 6.09 Å². The van der Waals surface area contributed by atoms with Crippen LogP contribution in [0.4, 0.5) is 10.5 Å². The van der Waals surface area contributed by atoms with Crippen molar-refractivity contribution < 1.29 is 38.1 Å². The highest BCUT2D eigenvalue weighted by molar-refractivity contribution is 5.95. The van der Waals surface area contributed by atoms with Gasteiger partial charge in [0.25, 0.3) is 5.91 Å². The average Bonchev–Trinajstić information content (AvgIpc) is 2.78. The summed E-state index contributed by atoms with van der Waals surface area (Å²) < 4.78 is 26.1. The number of carbonyl (C=O) groups is 3. The number of alkyl carbamates (subject to hydrolysis) is 1. The molecular formula is C21H33N3O8. The van der Waals surface area contributed by atoms with Gasteiger partial charge in [-0.3, -0.25) is 9.59 Å². The summed E-state index contributed by atoms with van der Waals surface area (Å²) in [6.45, 7) is 5.23. The Morgan fingerprint density at radius 3 is 1.75 bits per heavy atom. The van der Waals surface area contributed by atoms with Gasteiger partial charge in [0.15, 0.2) is 0 Å². The number of amides is 3. The molecule has 0 fully saturated rings. The van der Waals surface area contributed by atoms with E-state index in [1.807, 2.05) is 0 Å². The van der Waals surface area contributed by atoms with Crippen molar-refractivity contribution in [3.8, 4) is 0 Å². The van der Waals surface area contributed by atoms with Crippen LogP contribution in [0.25, 0.3) is 0 Å². The number of rotatable bonds is 17. The molecule has 1 rings (SSSR count). The van der Waals surface area contributed by atoms with Crippen LogP contribution in [-0.4, -0.2) is 91.0 Å². The molecule has 3 amide bonds. The Labute approximate surface area is 188 Å². The first-order chi connectivity index (χ1) is 15.5. The molecule has 0 radical (unpaired) electrons. The molecule has 11 heteroatoms. The molecule has 0 atom stereocenters. The van der Waals surface area contributed by atoms with E-state index in [4.69, 9.17) is 23.7 Å². The Morgan fingerprint density at radius 1 is 0.750 bits per heavy atom. The van der Waals surface area contributed by atoms with Gasteiger partial charge in [-0.1, -0.05) is 0 Å². The molecule has 0 saturated heterocycles. The predicted octanol–water partition coefficient (Wildman–Crippen LogP) is 0.797. The molecule has 0 aliphatic rings. The van der Waals surface area contributed by atoms with E-state index < -0.39 is 6.09 Å². The van der Waals surface area contributed by atoms with E-state index in [2.05, 4.69) is 16.0 Å². The number of benzene rings is 1. The highest BCUT2D eigenvalue weighted by Crippen LogP contribution is 2.09. The van der Waals surface area contributed by atoms with Crippen molar-refractivity contribution in [3.63, 3.8) is 0 Å². The smallest absolute Gasteiger partial charge is 0.406 e. The SMILES string of the molecule is CNC(=O)OCCOCCOCCOCCOCCNC(=O)c1ccc(NC(C)=O)cc1. The largest absolute Gasteiger partial charge is 0.447 e. The number of carbonyl (C=O) groups excluding carboxylic acids is 3. The van der Waals surface area contributed by atoms with E-state index in [0.717, 1.165) is 0 Å². The van der Waals surface area contributed by atoms with E-state index in [-0.39, 0.29) is 18.4 Å². The molecule has 0 saturated carbocycles. The second kappa shape index (κ2) is 17.9. The van der Waals surface area contributed by atoms with Crippen LogP contribution in [0.15, 0.2) is 24.3 Å². The summed E-state index contributed by atoms with van der Waals surface area (Å²) in [5.74, 6) is -0.372. The molecule has 1 aromatic rings. The van der Waals surface area contributed by atoms with Gasteiger partial charge in [-0.2, -0.15) is 0 Å². The third-order valence-corrected chi connectivity index (χ3v) is 3.78. The Bertz CT molecular complexity index is 670. The highest BCUT2D eigenvalue weighted by atomic mass is 16.6. The maximum atomic E-state index is 12.0. The molecule has 0 aliphatic carbocycles. The fourth-order valence-electron chi connectivity index (χ4n) is 2.27. The van der Waals surface area contributed by atoms with Gasteiger partial charge in [-0.15, -0.1) is 0 Å². The molecule has 0 bridgehead atoms. The van der Waals surface area contributed by atoms with Gasteiger partial charge in [0, 0.05) is 31.8 Å². The maximum Gasteiger partial charge on any atom is 0.406 e. The monoisotopic (exact) mass is 455 g/mol. The number of hydrogen-bond acceptors (Lipinski definition) is 8. The van der Waals surface area contributed by atoms with Crippen molar-refractivity contribution in [1.82, 2.24) is 10.6 Å². The highest BCUT2D eigenvalue weighted by Gasteiger charge is 2.05. The first-order valence-corrected chi connectivity index (χ1v) is 10.3. The van der Waals surface area contributed by atoms with Crippen LogP contribution >= 0.6 is 0 Å². The molecule has 11 nitrogen and oxygen atoms in total. The minimum Gasteiger partial charge on any atom is -0.447 e. The van der Waals surface area contributed by atoms with Gasteiger partial charge in [0.2, 0.25) is 5.91 Å². The zero-order valence-corrected chi connectivity index (χ0v) is 18.6. The lowest BCUT2D eigenvalue weighted by atomic mass is 10.2. The minimum absolute atomic E-state index is 0.163. The van der Waals surface area contributed by atoms with Gasteiger partial charge in [-0.05, 0) is 24.3 Å². The fraction of sp³-hybridized carbons (Fsp3) is 0.571. The number of nitrogens with one attached hydrogen (secondary N) is 3. The van der Waals surface area contributed by atoms with Gasteiger partial charge < -0.3 is 39.6 Å².